The van der Waals surface area contributed by atoms with Gasteiger partial charge in [0.25, 0.3) is 0 Å². The van der Waals surface area contributed by atoms with Gasteiger partial charge >= 0.3 is 33.3 Å². The van der Waals surface area contributed by atoms with E-state index in [0.717, 1.165) is 0 Å². The minimum absolute atomic E-state index is 0.00247. The van der Waals surface area contributed by atoms with E-state index in [0.29, 0.717) is 0 Å². The molecule has 0 aliphatic heterocycles. The molecule has 0 radical (unpaired) electrons. The molecular weight excluding hydrogens is 628 g/mol. The van der Waals surface area contributed by atoms with Crippen molar-refractivity contribution < 1.29 is 61.4 Å². The maximum atomic E-state index is 13.0. The van der Waals surface area contributed by atoms with Crippen molar-refractivity contribution in [3.05, 3.63) is 12.2 Å². The molecule has 0 aromatic heterocycles. The average molecular weight is 669 g/mol. The molecule has 0 rings (SSSR count). The van der Waals surface area contributed by atoms with Gasteiger partial charge in [-0.2, -0.15) is 39.5 Å². The Bertz CT molecular complexity index is 750. The molecule has 238 valence electrons. The Morgan fingerprint density at radius 3 is 1.18 bits per heavy atom. The van der Waals surface area contributed by atoms with E-state index >= 15 is 0 Å². The molecule has 18 heteroatoms. The molecule has 0 unspecified atom stereocenters. The third-order valence-corrected chi connectivity index (χ3v) is 21.2. The van der Waals surface area contributed by atoms with Gasteiger partial charge in [-0.3, -0.25) is 0 Å². The molecule has 0 aromatic carbocycles. The summed E-state index contributed by atoms with van der Waals surface area (Å²) in [7, 11) is -14.1. The second-order valence-corrected chi connectivity index (χ2v) is 28.0. The van der Waals surface area contributed by atoms with Crippen molar-refractivity contribution >= 4 is 39.7 Å². The lowest BCUT2D eigenvalue weighted by Gasteiger charge is -2.45. The van der Waals surface area contributed by atoms with Crippen LogP contribution >= 0.6 is 0 Å². The van der Waals surface area contributed by atoms with Gasteiger partial charge in [0.15, 0.2) is 25.0 Å². The summed E-state index contributed by atoms with van der Waals surface area (Å²) in [5.74, 6) is -0.713. The molecule has 0 saturated heterocycles. The number of ether oxygens (including phenoxy) is 1. The second-order valence-electron chi connectivity index (χ2n) is 11.6. The molecule has 0 N–H and O–H groups in total. The molecule has 0 aliphatic carbocycles. The van der Waals surface area contributed by atoms with Crippen molar-refractivity contribution in [1.29, 1.82) is 0 Å². The largest absolute Gasteiger partial charge is 0.469 e. The summed E-state index contributed by atoms with van der Waals surface area (Å²) in [5, 5.41) is 0. The summed E-state index contributed by atoms with van der Waals surface area (Å²) in [4.78, 5) is 11.8. The van der Waals surface area contributed by atoms with Crippen LogP contribution in [0.2, 0.25) is 63.5 Å². The maximum absolute atomic E-state index is 13.0. The zero-order valence-corrected chi connectivity index (χ0v) is 28.0. The smallest absolute Gasteiger partial charge is 0.462 e. The van der Waals surface area contributed by atoms with Crippen molar-refractivity contribution in [2.75, 3.05) is 6.61 Å². The number of hydrogen-bond acceptors (Lipinski definition) is 5. The highest BCUT2D eigenvalue weighted by Gasteiger charge is 2.53. The maximum Gasteiger partial charge on any atom is 0.469 e. The molecule has 0 saturated carbocycles. The zero-order valence-electron chi connectivity index (χ0n) is 24.0. The molecule has 0 heterocycles. The number of halogens is 9. The van der Waals surface area contributed by atoms with E-state index in [-0.39, 0.29) is 24.6 Å². The molecule has 5 nitrogen and oxygen atoms in total. The zero-order chi connectivity index (χ0) is 31.8. The van der Waals surface area contributed by atoms with Crippen LogP contribution in [0.3, 0.4) is 0 Å². The number of hydrogen-bond donors (Lipinski definition) is 0. The Labute approximate surface area is 234 Å². The summed E-state index contributed by atoms with van der Waals surface area (Å²) in [6, 6.07) is -1.42. The highest BCUT2D eigenvalue weighted by molar-refractivity contribution is 6.90. The van der Waals surface area contributed by atoms with Crippen molar-refractivity contribution in [1.82, 2.24) is 0 Å². The molecule has 0 bridgehead atoms. The molecule has 0 aliphatic rings. The van der Waals surface area contributed by atoms with Crippen molar-refractivity contribution in [3.8, 4) is 0 Å². The first kappa shape index (κ1) is 39.3. The molecule has 0 amide bonds. The van der Waals surface area contributed by atoms with E-state index in [1.807, 2.05) is 0 Å². The van der Waals surface area contributed by atoms with Crippen LogP contribution in [0.15, 0.2) is 12.2 Å². The van der Waals surface area contributed by atoms with E-state index in [1.54, 1.807) is 0 Å². The Morgan fingerprint density at radius 2 is 0.925 bits per heavy atom. The van der Waals surface area contributed by atoms with Crippen LogP contribution < -0.4 is 0 Å². The van der Waals surface area contributed by atoms with E-state index in [1.165, 1.54) is 46.2 Å². The van der Waals surface area contributed by atoms with E-state index in [9.17, 15) is 44.3 Å². The van der Waals surface area contributed by atoms with E-state index in [4.69, 9.17) is 17.1 Å². The van der Waals surface area contributed by atoms with E-state index < -0.39 is 95.6 Å². The predicted octanol–water partition coefficient (Wildman–Crippen LogP) is 8.96. The molecule has 0 atom stereocenters. The highest BCUT2D eigenvalue weighted by Crippen LogP contribution is 2.37. The Kier molecular flexibility index (Phi) is 14.4. The minimum Gasteiger partial charge on any atom is -0.462 e. The van der Waals surface area contributed by atoms with Gasteiger partial charge in [-0.1, -0.05) is 6.58 Å². The summed E-state index contributed by atoms with van der Waals surface area (Å²) >= 11 is 0. The Morgan fingerprint density at radius 1 is 0.625 bits per heavy atom. The molecule has 40 heavy (non-hydrogen) atoms. The van der Waals surface area contributed by atoms with Gasteiger partial charge in [-0.25, -0.2) is 4.79 Å². The highest BCUT2D eigenvalue weighted by atomic mass is 28.5. The summed E-state index contributed by atoms with van der Waals surface area (Å²) in [5.41, 5.74) is 0.106. The Hall–Kier alpha value is -0.672. The first-order valence-electron chi connectivity index (χ1n) is 12.7. The van der Waals surface area contributed by atoms with Gasteiger partial charge in [-0.05, 0) is 70.8 Å². The normalized spacial score (nSPS) is 14.4. The van der Waals surface area contributed by atoms with Crippen LogP contribution in [0.4, 0.5) is 39.5 Å². The van der Waals surface area contributed by atoms with Gasteiger partial charge in [0, 0.05) is 30.9 Å². The van der Waals surface area contributed by atoms with Gasteiger partial charge in [0.05, 0.1) is 6.61 Å². The lowest BCUT2D eigenvalue weighted by atomic mass is 10.4. The van der Waals surface area contributed by atoms with Crippen molar-refractivity contribution in [2.24, 2.45) is 0 Å². The minimum atomic E-state index is -4.50. The molecule has 0 fully saturated rings. The first-order chi connectivity index (χ1) is 17.6. The SMILES string of the molecule is C=C(C)C(=O)OCCC[Si](O[Si](C)(C)CCC(F)(F)F)(O[Si](C)(C)CCC(F)(F)F)O[Si](C)(C)CCC(F)(F)F. The van der Waals surface area contributed by atoms with Crippen LogP contribution in [0.5, 0.6) is 0 Å². The monoisotopic (exact) mass is 668 g/mol. The molecule has 0 spiro atoms. The topological polar surface area (TPSA) is 54.0 Å². The fraction of sp³-hybridized carbons (Fsp3) is 0.864. The molecule has 0 aromatic rings. The van der Waals surface area contributed by atoms with Gasteiger partial charge in [-0.15, -0.1) is 0 Å². The predicted molar refractivity (Wildman–Crippen MR) is 143 cm³/mol. The van der Waals surface area contributed by atoms with Crippen LogP contribution in [-0.2, 0) is 21.9 Å². The number of carbonyl (C=O) groups excluding carboxylic acids is 1. The van der Waals surface area contributed by atoms with Crippen molar-refractivity contribution in [3.63, 3.8) is 0 Å². The van der Waals surface area contributed by atoms with Crippen LogP contribution in [-0.4, -0.2) is 64.9 Å². The molecular formula is C22H41F9O5Si4. The first-order valence-corrected chi connectivity index (χ1v) is 24.0. The average Bonchev–Trinajstić information content (AvgIpc) is 2.70. The van der Waals surface area contributed by atoms with Crippen LogP contribution in [0.1, 0.15) is 32.6 Å². The van der Waals surface area contributed by atoms with Gasteiger partial charge < -0.3 is 17.1 Å². The fourth-order valence-electron chi connectivity index (χ4n) is 3.54. The summed E-state index contributed by atoms with van der Waals surface area (Å²) in [6.45, 7) is 13.5. The summed E-state index contributed by atoms with van der Waals surface area (Å²) in [6.07, 6.45) is -17.1. The fourth-order valence-corrected chi connectivity index (χ4v) is 20.9. The van der Waals surface area contributed by atoms with Crippen LogP contribution in [0, 0.1) is 0 Å². The standard InChI is InChI=1S/C22H41F9O5Si4/c1-18(2)19(32)33-13-9-14-40(34-37(3,4)15-10-20(23,24)25,35-38(5,6)16-11-21(26,27)28)36-39(7,8)17-12-22(29,30)31/h1,9-17H2,2-8H3. The Balaban J connectivity index is 6.42. The summed E-state index contributed by atoms with van der Waals surface area (Å²) < 4.78 is 141. The third kappa shape index (κ3) is 19.4. The lowest BCUT2D eigenvalue weighted by molar-refractivity contribution is -0.139. The van der Waals surface area contributed by atoms with E-state index in [2.05, 4.69) is 6.58 Å². The number of esters is 1. The number of carbonyl (C=O) groups is 1. The second kappa shape index (κ2) is 14.7. The van der Waals surface area contributed by atoms with Crippen molar-refractivity contribution in [2.45, 2.75) is 115 Å². The van der Waals surface area contributed by atoms with Gasteiger partial charge in [0.2, 0.25) is 0 Å². The lowest BCUT2D eigenvalue weighted by Crippen LogP contribution is -2.62. The van der Waals surface area contributed by atoms with Gasteiger partial charge in [0.1, 0.15) is 0 Å². The quantitative estimate of drug-likeness (QED) is 0.0509. The third-order valence-electron chi connectivity index (χ3n) is 5.54. The van der Waals surface area contributed by atoms with Crippen LogP contribution in [0.25, 0.3) is 0 Å². The number of rotatable bonds is 17. The number of alkyl halides is 9.